The normalized spacial score (nSPS) is 24.1. The zero-order valence-electron chi connectivity index (χ0n) is 11.2. The highest BCUT2D eigenvalue weighted by Gasteiger charge is 2.34. The minimum absolute atomic E-state index is 0.0896. The summed E-state index contributed by atoms with van der Waals surface area (Å²) in [5.41, 5.74) is 0. The first-order chi connectivity index (χ1) is 9.22. The van der Waals surface area contributed by atoms with E-state index in [9.17, 15) is 9.00 Å². The van der Waals surface area contributed by atoms with Crippen LogP contribution in [0.15, 0.2) is 35.2 Å². The van der Waals surface area contributed by atoms with Gasteiger partial charge in [0.25, 0.3) is 0 Å². The molecule has 0 bridgehead atoms. The van der Waals surface area contributed by atoms with E-state index >= 15 is 0 Å². The predicted octanol–water partition coefficient (Wildman–Crippen LogP) is 2.92. The molecule has 0 radical (unpaired) electrons. The standard InChI is InChI=1S/C15H20O3S/c1-2-18-15(16)11-12-7-6-10-14(12)19(17)13-8-4-3-5-9-13/h3-5,8-9,12,14H,2,6-7,10-11H2,1H3/t12-,14-,19?/m1/s1. The molecular formula is C15H20O3S. The predicted molar refractivity (Wildman–Crippen MR) is 75.2 cm³/mol. The van der Waals surface area contributed by atoms with Gasteiger partial charge in [-0.25, -0.2) is 0 Å². The topological polar surface area (TPSA) is 43.4 Å². The summed E-state index contributed by atoms with van der Waals surface area (Å²) in [6.45, 7) is 2.23. The van der Waals surface area contributed by atoms with Crippen LogP contribution in [0, 0.1) is 5.92 Å². The van der Waals surface area contributed by atoms with Gasteiger partial charge >= 0.3 is 5.97 Å². The fourth-order valence-corrected chi connectivity index (χ4v) is 4.42. The van der Waals surface area contributed by atoms with E-state index in [2.05, 4.69) is 0 Å². The Morgan fingerprint density at radius 1 is 1.32 bits per heavy atom. The third-order valence-electron chi connectivity index (χ3n) is 3.57. The average molecular weight is 280 g/mol. The highest BCUT2D eigenvalue weighted by Crippen LogP contribution is 2.34. The molecule has 1 aromatic rings. The Balaban J connectivity index is 2.02. The molecule has 0 saturated heterocycles. The van der Waals surface area contributed by atoms with Crippen molar-refractivity contribution < 1.29 is 13.7 Å². The van der Waals surface area contributed by atoms with Crippen LogP contribution in [-0.2, 0) is 20.3 Å². The molecule has 4 heteroatoms. The maximum atomic E-state index is 12.6. The number of ether oxygens (including phenoxy) is 1. The SMILES string of the molecule is CCOC(=O)C[C@H]1CCC[C@H]1S(=O)c1ccccc1. The fraction of sp³-hybridized carbons (Fsp3) is 0.533. The second-order valence-electron chi connectivity index (χ2n) is 4.85. The Morgan fingerprint density at radius 3 is 2.74 bits per heavy atom. The zero-order valence-corrected chi connectivity index (χ0v) is 12.0. The van der Waals surface area contributed by atoms with Crippen molar-refractivity contribution >= 4 is 16.8 Å². The summed E-state index contributed by atoms with van der Waals surface area (Å²) >= 11 is 0. The van der Waals surface area contributed by atoms with E-state index in [-0.39, 0.29) is 17.1 Å². The molecule has 0 amide bonds. The summed E-state index contributed by atoms with van der Waals surface area (Å²) in [5, 5.41) is 0.0896. The molecule has 1 saturated carbocycles. The maximum absolute atomic E-state index is 12.6. The molecule has 0 spiro atoms. The molecule has 0 heterocycles. The smallest absolute Gasteiger partial charge is 0.306 e. The van der Waals surface area contributed by atoms with Crippen LogP contribution >= 0.6 is 0 Å². The highest BCUT2D eigenvalue weighted by atomic mass is 32.2. The minimum atomic E-state index is -1.02. The van der Waals surface area contributed by atoms with Crippen LogP contribution in [0.4, 0.5) is 0 Å². The Hall–Kier alpha value is -1.16. The van der Waals surface area contributed by atoms with E-state index in [0.717, 1.165) is 24.2 Å². The van der Waals surface area contributed by atoms with Gasteiger partial charge in [0.05, 0.1) is 17.4 Å². The van der Waals surface area contributed by atoms with Crippen molar-refractivity contribution in [2.24, 2.45) is 5.92 Å². The molecule has 0 aromatic heterocycles. The van der Waals surface area contributed by atoms with E-state index in [0.29, 0.717) is 13.0 Å². The third-order valence-corrected chi connectivity index (χ3v) is 5.48. The van der Waals surface area contributed by atoms with Crippen LogP contribution in [0.2, 0.25) is 0 Å². The summed E-state index contributed by atoms with van der Waals surface area (Å²) in [6, 6.07) is 9.53. The van der Waals surface area contributed by atoms with E-state index in [4.69, 9.17) is 4.74 Å². The Labute approximate surface area is 116 Å². The molecule has 1 unspecified atom stereocenters. The van der Waals surface area contributed by atoms with Crippen molar-refractivity contribution in [3.63, 3.8) is 0 Å². The molecule has 1 aromatic carbocycles. The number of carbonyl (C=O) groups is 1. The summed E-state index contributed by atoms with van der Waals surface area (Å²) < 4.78 is 17.6. The molecule has 3 nitrogen and oxygen atoms in total. The van der Waals surface area contributed by atoms with Gasteiger partial charge in [0.15, 0.2) is 0 Å². The third kappa shape index (κ3) is 3.66. The lowest BCUT2D eigenvalue weighted by Gasteiger charge is -2.18. The fourth-order valence-electron chi connectivity index (χ4n) is 2.68. The molecule has 0 N–H and O–H groups in total. The first-order valence-corrected chi connectivity index (χ1v) is 8.05. The summed E-state index contributed by atoms with van der Waals surface area (Å²) in [6.07, 6.45) is 3.36. The molecule has 104 valence electrons. The lowest BCUT2D eigenvalue weighted by molar-refractivity contribution is -0.144. The van der Waals surface area contributed by atoms with Gasteiger partial charge in [0.2, 0.25) is 0 Å². The largest absolute Gasteiger partial charge is 0.466 e. The van der Waals surface area contributed by atoms with Gasteiger partial charge in [-0.05, 0) is 37.8 Å². The second-order valence-corrected chi connectivity index (χ2v) is 6.52. The first kappa shape index (κ1) is 14.3. The lowest BCUT2D eigenvalue weighted by atomic mass is 10.0. The van der Waals surface area contributed by atoms with Gasteiger partial charge in [-0.3, -0.25) is 9.00 Å². The number of esters is 1. The van der Waals surface area contributed by atoms with E-state index < -0.39 is 10.8 Å². The van der Waals surface area contributed by atoms with Gasteiger partial charge in [0.1, 0.15) is 0 Å². The average Bonchev–Trinajstić information content (AvgIpc) is 2.87. The molecule has 0 aliphatic heterocycles. The van der Waals surface area contributed by atoms with Crippen molar-refractivity contribution in [2.45, 2.75) is 42.8 Å². The maximum Gasteiger partial charge on any atom is 0.306 e. The molecule has 1 aliphatic rings. The lowest BCUT2D eigenvalue weighted by Crippen LogP contribution is -2.23. The van der Waals surface area contributed by atoms with Crippen LogP contribution in [0.1, 0.15) is 32.6 Å². The number of benzene rings is 1. The highest BCUT2D eigenvalue weighted by molar-refractivity contribution is 7.85. The van der Waals surface area contributed by atoms with Gasteiger partial charge in [-0.1, -0.05) is 24.6 Å². The monoisotopic (exact) mass is 280 g/mol. The quantitative estimate of drug-likeness (QED) is 0.779. The van der Waals surface area contributed by atoms with Crippen LogP contribution in [0.25, 0.3) is 0 Å². The Kier molecular flexibility index (Phi) is 5.14. The van der Waals surface area contributed by atoms with Crippen LogP contribution < -0.4 is 0 Å². The minimum Gasteiger partial charge on any atom is -0.466 e. The number of rotatable bonds is 5. The van der Waals surface area contributed by atoms with Gasteiger partial charge in [-0.15, -0.1) is 0 Å². The summed E-state index contributed by atoms with van der Waals surface area (Å²) in [5.74, 6) is 0.0320. The van der Waals surface area contributed by atoms with E-state index in [1.54, 1.807) is 0 Å². The van der Waals surface area contributed by atoms with E-state index in [1.807, 2.05) is 37.3 Å². The summed E-state index contributed by atoms with van der Waals surface area (Å²) in [7, 11) is -1.02. The number of carbonyl (C=O) groups excluding carboxylic acids is 1. The Morgan fingerprint density at radius 2 is 2.05 bits per heavy atom. The van der Waals surface area contributed by atoms with Crippen LogP contribution in [0.5, 0.6) is 0 Å². The molecule has 2 rings (SSSR count). The molecule has 3 atom stereocenters. The second kappa shape index (κ2) is 6.85. The van der Waals surface area contributed by atoms with Gasteiger partial charge in [0, 0.05) is 16.6 Å². The summed E-state index contributed by atoms with van der Waals surface area (Å²) in [4.78, 5) is 12.4. The number of hydrogen-bond donors (Lipinski definition) is 0. The molecule has 1 fully saturated rings. The van der Waals surface area contributed by atoms with Crippen molar-refractivity contribution in [1.82, 2.24) is 0 Å². The van der Waals surface area contributed by atoms with Crippen molar-refractivity contribution in [2.75, 3.05) is 6.61 Å². The van der Waals surface area contributed by atoms with Gasteiger partial charge < -0.3 is 4.74 Å². The first-order valence-electron chi connectivity index (χ1n) is 6.83. The van der Waals surface area contributed by atoms with Crippen LogP contribution in [0.3, 0.4) is 0 Å². The Bertz CT molecular complexity index is 444. The van der Waals surface area contributed by atoms with Crippen molar-refractivity contribution in [3.8, 4) is 0 Å². The number of hydrogen-bond acceptors (Lipinski definition) is 3. The molecular weight excluding hydrogens is 260 g/mol. The molecule has 19 heavy (non-hydrogen) atoms. The zero-order chi connectivity index (χ0) is 13.7. The van der Waals surface area contributed by atoms with Gasteiger partial charge in [-0.2, -0.15) is 0 Å². The van der Waals surface area contributed by atoms with Crippen molar-refractivity contribution in [3.05, 3.63) is 30.3 Å². The van der Waals surface area contributed by atoms with E-state index in [1.165, 1.54) is 0 Å². The van der Waals surface area contributed by atoms with Crippen LogP contribution in [-0.4, -0.2) is 22.0 Å². The molecule has 1 aliphatic carbocycles. The van der Waals surface area contributed by atoms with Crippen molar-refractivity contribution in [1.29, 1.82) is 0 Å².